The third-order valence-electron chi connectivity index (χ3n) is 2.19. The molecule has 0 aromatic carbocycles. The Bertz CT molecular complexity index is 323. The van der Waals surface area contributed by atoms with E-state index in [2.05, 4.69) is 10.00 Å². The largest absolute Gasteiger partial charge is 0.329 e. The first-order valence-corrected chi connectivity index (χ1v) is 5.27. The van der Waals surface area contributed by atoms with Crippen molar-refractivity contribution in [3.8, 4) is 0 Å². The molecule has 1 aromatic rings. The molecule has 90 valence electrons. The maximum Gasteiger partial charge on any atom is 0.215 e. The Balaban J connectivity index is 2.58. The summed E-state index contributed by atoms with van der Waals surface area (Å²) in [6.45, 7) is 2.65. The highest BCUT2D eigenvalue weighted by Crippen LogP contribution is 2.07. The number of anilines is 1. The number of hydrogen-bond acceptors (Lipinski definition) is 4. The van der Waals surface area contributed by atoms with E-state index >= 15 is 0 Å². The third-order valence-corrected chi connectivity index (χ3v) is 2.19. The van der Waals surface area contributed by atoms with E-state index < -0.39 is 0 Å². The SMILES string of the molecule is CN(C)CCn1ccc(N(C=O)CCN)n1. The van der Waals surface area contributed by atoms with E-state index in [1.54, 1.807) is 0 Å². The van der Waals surface area contributed by atoms with Gasteiger partial charge in [-0.05, 0) is 14.1 Å². The number of carbonyl (C=O) groups is 1. The molecule has 1 rings (SSSR count). The second-order valence-corrected chi connectivity index (χ2v) is 3.83. The lowest BCUT2D eigenvalue weighted by Crippen LogP contribution is -2.28. The molecule has 6 heteroatoms. The van der Waals surface area contributed by atoms with Crippen LogP contribution in [-0.2, 0) is 11.3 Å². The van der Waals surface area contributed by atoms with Crippen LogP contribution in [0, 0.1) is 0 Å². The second kappa shape index (κ2) is 6.24. The number of nitrogens with zero attached hydrogens (tertiary/aromatic N) is 4. The Morgan fingerprint density at radius 2 is 2.25 bits per heavy atom. The van der Waals surface area contributed by atoms with Crippen molar-refractivity contribution in [3.05, 3.63) is 12.3 Å². The van der Waals surface area contributed by atoms with Gasteiger partial charge in [-0.1, -0.05) is 0 Å². The number of hydrogen-bond donors (Lipinski definition) is 1. The first-order chi connectivity index (χ1) is 7.67. The Morgan fingerprint density at radius 1 is 1.50 bits per heavy atom. The maximum absolute atomic E-state index is 10.8. The smallest absolute Gasteiger partial charge is 0.215 e. The summed E-state index contributed by atoms with van der Waals surface area (Å²) < 4.78 is 1.82. The monoisotopic (exact) mass is 225 g/mol. The minimum absolute atomic E-state index is 0.434. The van der Waals surface area contributed by atoms with Crippen molar-refractivity contribution in [2.75, 3.05) is 38.6 Å². The standard InChI is InChI=1S/C10H19N5O/c1-13(2)7-8-15-5-3-10(12-15)14(9-16)6-4-11/h3,5,9H,4,6-8,11H2,1-2H3. The molecule has 1 heterocycles. The fraction of sp³-hybridized carbons (Fsp3) is 0.600. The van der Waals surface area contributed by atoms with Gasteiger partial charge in [0, 0.05) is 31.9 Å². The molecular weight excluding hydrogens is 206 g/mol. The van der Waals surface area contributed by atoms with Crippen molar-refractivity contribution >= 4 is 12.2 Å². The van der Waals surface area contributed by atoms with E-state index in [0.29, 0.717) is 18.9 Å². The fourth-order valence-corrected chi connectivity index (χ4v) is 1.29. The summed E-state index contributed by atoms with van der Waals surface area (Å²) in [4.78, 5) is 14.4. The zero-order valence-corrected chi connectivity index (χ0v) is 9.83. The van der Waals surface area contributed by atoms with Gasteiger partial charge in [-0.3, -0.25) is 14.4 Å². The summed E-state index contributed by atoms with van der Waals surface area (Å²) in [6.07, 6.45) is 2.62. The van der Waals surface area contributed by atoms with Crippen LogP contribution in [0.15, 0.2) is 12.3 Å². The van der Waals surface area contributed by atoms with Crippen LogP contribution >= 0.6 is 0 Å². The number of amides is 1. The highest BCUT2D eigenvalue weighted by molar-refractivity contribution is 5.72. The molecule has 0 radical (unpaired) electrons. The first-order valence-electron chi connectivity index (χ1n) is 5.27. The number of aromatic nitrogens is 2. The predicted molar refractivity (Wildman–Crippen MR) is 63.2 cm³/mol. The highest BCUT2D eigenvalue weighted by Gasteiger charge is 2.07. The summed E-state index contributed by atoms with van der Waals surface area (Å²) in [5.41, 5.74) is 5.41. The average Bonchev–Trinajstić information content (AvgIpc) is 2.71. The van der Waals surface area contributed by atoms with Crippen LogP contribution in [0.4, 0.5) is 5.82 Å². The van der Waals surface area contributed by atoms with Gasteiger partial charge in [0.25, 0.3) is 0 Å². The predicted octanol–water partition coefficient (Wildman–Crippen LogP) is -0.634. The van der Waals surface area contributed by atoms with Crippen molar-refractivity contribution in [1.29, 1.82) is 0 Å². The van der Waals surface area contributed by atoms with Gasteiger partial charge in [0.05, 0.1) is 6.54 Å². The number of nitrogens with two attached hydrogens (primary N) is 1. The van der Waals surface area contributed by atoms with Gasteiger partial charge in [-0.25, -0.2) is 0 Å². The topological polar surface area (TPSA) is 67.4 Å². The second-order valence-electron chi connectivity index (χ2n) is 3.83. The summed E-state index contributed by atoms with van der Waals surface area (Å²) in [5.74, 6) is 0.652. The molecule has 0 spiro atoms. The number of rotatable bonds is 7. The summed E-state index contributed by atoms with van der Waals surface area (Å²) in [5, 5.41) is 4.30. The van der Waals surface area contributed by atoms with E-state index in [9.17, 15) is 4.79 Å². The third kappa shape index (κ3) is 3.63. The van der Waals surface area contributed by atoms with E-state index in [4.69, 9.17) is 5.73 Å². The van der Waals surface area contributed by atoms with Gasteiger partial charge in [-0.15, -0.1) is 0 Å². The molecule has 0 aliphatic rings. The van der Waals surface area contributed by atoms with Crippen molar-refractivity contribution in [1.82, 2.24) is 14.7 Å². The zero-order valence-electron chi connectivity index (χ0n) is 9.83. The molecule has 0 aliphatic carbocycles. The molecule has 0 atom stereocenters. The van der Waals surface area contributed by atoms with E-state index in [-0.39, 0.29) is 0 Å². The molecule has 16 heavy (non-hydrogen) atoms. The number of carbonyl (C=O) groups excluding carboxylic acids is 1. The molecule has 1 amide bonds. The van der Waals surface area contributed by atoms with Crippen molar-refractivity contribution in [3.63, 3.8) is 0 Å². The Morgan fingerprint density at radius 3 is 2.81 bits per heavy atom. The van der Waals surface area contributed by atoms with Crippen LogP contribution in [0.1, 0.15) is 0 Å². The minimum atomic E-state index is 0.434. The van der Waals surface area contributed by atoms with Crippen LogP contribution in [0.3, 0.4) is 0 Å². The molecule has 0 aliphatic heterocycles. The lowest BCUT2D eigenvalue weighted by Gasteiger charge is -2.12. The molecule has 2 N–H and O–H groups in total. The van der Waals surface area contributed by atoms with E-state index in [0.717, 1.165) is 19.5 Å². The van der Waals surface area contributed by atoms with Gasteiger partial charge in [0.1, 0.15) is 0 Å². The Kier molecular flexibility index (Phi) is 4.94. The van der Waals surface area contributed by atoms with Crippen LogP contribution in [-0.4, -0.2) is 54.8 Å². The quantitative estimate of drug-likeness (QED) is 0.627. The fourth-order valence-electron chi connectivity index (χ4n) is 1.29. The molecule has 1 aromatic heterocycles. The van der Waals surface area contributed by atoms with Gasteiger partial charge < -0.3 is 10.6 Å². The molecule has 0 bridgehead atoms. The van der Waals surface area contributed by atoms with Crippen LogP contribution in [0.25, 0.3) is 0 Å². The highest BCUT2D eigenvalue weighted by atomic mass is 16.1. The van der Waals surface area contributed by atoms with Crippen molar-refractivity contribution in [2.24, 2.45) is 5.73 Å². The minimum Gasteiger partial charge on any atom is -0.329 e. The lowest BCUT2D eigenvalue weighted by atomic mass is 10.5. The van der Waals surface area contributed by atoms with Crippen LogP contribution in [0.2, 0.25) is 0 Å². The van der Waals surface area contributed by atoms with Crippen LogP contribution in [0.5, 0.6) is 0 Å². The Hall–Kier alpha value is -1.40. The molecule has 6 nitrogen and oxygen atoms in total. The molecular formula is C10H19N5O. The van der Waals surface area contributed by atoms with E-state index in [1.807, 2.05) is 31.0 Å². The van der Waals surface area contributed by atoms with Crippen molar-refractivity contribution in [2.45, 2.75) is 6.54 Å². The van der Waals surface area contributed by atoms with Crippen molar-refractivity contribution < 1.29 is 4.79 Å². The molecule has 0 unspecified atom stereocenters. The van der Waals surface area contributed by atoms with Gasteiger partial charge in [-0.2, -0.15) is 5.10 Å². The molecule has 0 saturated carbocycles. The van der Waals surface area contributed by atoms with Gasteiger partial charge in [0.15, 0.2) is 5.82 Å². The maximum atomic E-state index is 10.8. The lowest BCUT2D eigenvalue weighted by molar-refractivity contribution is -0.107. The zero-order chi connectivity index (χ0) is 12.0. The Labute approximate surface area is 95.6 Å². The van der Waals surface area contributed by atoms with Gasteiger partial charge >= 0.3 is 0 Å². The molecule has 0 fully saturated rings. The summed E-state index contributed by atoms with van der Waals surface area (Å²) in [7, 11) is 4.02. The first kappa shape index (κ1) is 12.7. The van der Waals surface area contributed by atoms with Gasteiger partial charge in [0.2, 0.25) is 6.41 Å². The average molecular weight is 225 g/mol. The molecule has 0 saturated heterocycles. The number of likely N-dealkylation sites (N-methyl/N-ethyl adjacent to an activating group) is 1. The summed E-state index contributed by atoms with van der Waals surface area (Å²) >= 11 is 0. The summed E-state index contributed by atoms with van der Waals surface area (Å²) in [6, 6.07) is 1.82. The van der Waals surface area contributed by atoms with Crippen LogP contribution < -0.4 is 10.6 Å². The van der Waals surface area contributed by atoms with E-state index in [1.165, 1.54) is 4.90 Å². The normalized spacial score (nSPS) is 10.8.